The van der Waals surface area contributed by atoms with Gasteiger partial charge < -0.3 is 0 Å². The molecule has 0 aliphatic rings. The number of nitrogens with one attached hydrogen (secondary N) is 2. The number of amides is 2. The number of fused-ring (bicyclic) bond motifs is 1. The highest BCUT2D eigenvalue weighted by molar-refractivity contribution is 7.17. The van der Waals surface area contributed by atoms with Crippen LogP contribution in [0.25, 0.3) is 21.5 Å². The molecule has 0 saturated carbocycles. The average Bonchev–Trinajstić information content (AvgIpc) is 3.31. The molecule has 0 radical (unpaired) electrons. The first-order chi connectivity index (χ1) is 14.3. The topological polar surface area (TPSA) is 88.9 Å². The molecule has 0 spiro atoms. The summed E-state index contributed by atoms with van der Waals surface area (Å²) in [5.74, 6) is -1.22. The number of aryl methyl sites for hydroxylation is 3. The Balaban J connectivity index is 1.47. The largest absolute Gasteiger partial charge is 0.279 e. The molecule has 152 valence electrons. The van der Waals surface area contributed by atoms with Crippen molar-refractivity contribution in [1.29, 1.82) is 0 Å². The van der Waals surface area contributed by atoms with E-state index in [-0.39, 0.29) is 5.82 Å². The molecule has 3 aromatic heterocycles. The summed E-state index contributed by atoms with van der Waals surface area (Å²) >= 11 is 1.25. The molecule has 4 rings (SSSR count). The van der Waals surface area contributed by atoms with Gasteiger partial charge in [-0.2, -0.15) is 5.10 Å². The highest BCUT2D eigenvalue weighted by atomic mass is 32.1. The Morgan fingerprint density at radius 3 is 2.43 bits per heavy atom. The minimum atomic E-state index is -0.464. The second-order valence-corrected chi connectivity index (χ2v) is 7.86. The molecule has 0 unspecified atom stereocenters. The summed E-state index contributed by atoms with van der Waals surface area (Å²) in [5, 5.41) is 5.09. The molecular weight excluding hydrogens is 405 g/mol. The number of nitrogens with zero attached hydrogens (tertiary/aromatic N) is 3. The Hall–Kier alpha value is -3.59. The van der Waals surface area contributed by atoms with Crippen LogP contribution in [-0.4, -0.2) is 26.6 Å². The van der Waals surface area contributed by atoms with Crippen molar-refractivity contribution in [2.24, 2.45) is 7.05 Å². The number of carbonyl (C=O) groups is 2. The lowest BCUT2D eigenvalue weighted by Crippen LogP contribution is -2.41. The summed E-state index contributed by atoms with van der Waals surface area (Å²) in [6, 6.07) is 11.2. The van der Waals surface area contributed by atoms with E-state index in [0.29, 0.717) is 21.8 Å². The molecule has 0 fully saturated rings. The van der Waals surface area contributed by atoms with E-state index >= 15 is 0 Å². The first-order valence-corrected chi connectivity index (χ1v) is 9.92. The second kappa shape index (κ2) is 7.68. The number of pyridine rings is 1. The van der Waals surface area contributed by atoms with Crippen LogP contribution in [0.4, 0.5) is 4.39 Å². The van der Waals surface area contributed by atoms with E-state index in [1.807, 2.05) is 6.92 Å². The summed E-state index contributed by atoms with van der Waals surface area (Å²) in [7, 11) is 1.79. The summed E-state index contributed by atoms with van der Waals surface area (Å²) in [6.45, 7) is 3.57. The van der Waals surface area contributed by atoms with E-state index in [2.05, 4.69) is 20.9 Å². The second-order valence-electron chi connectivity index (χ2n) is 6.78. The van der Waals surface area contributed by atoms with Crippen molar-refractivity contribution >= 4 is 34.2 Å². The maximum atomic E-state index is 13.1. The molecule has 9 heteroatoms. The van der Waals surface area contributed by atoms with E-state index in [4.69, 9.17) is 0 Å². The highest BCUT2D eigenvalue weighted by Gasteiger charge is 2.17. The number of rotatable bonds is 3. The van der Waals surface area contributed by atoms with E-state index in [1.165, 1.54) is 23.5 Å². The van der Waals surface area contributed by atoms with Crippen molar-refractivity contribution in [2.45, 2.75) is 13.8 Å². The van der Waals surface area contributed by atoms with Gasteiger partial charge in [0.1, 0.15) is 5.82 Å². The molecule has 2 N–H and O–H groups in total. The number of thiophene rings is 1. The lowest BCUT2D eigenvalue weighted by Gasteiger charge is -2.08. The van der Waals surface area contributed by atoms with Gasteiger partial charge in [0.05, 0.1) is 21.8 Å². The minimum absolute atomic E-state index is 0.319. The first-order valence-electron chi connectivity index (χ1n) is 9.11. The fourth-order valence-corrected chi connectivity index (χ4v) is 4.04. The zero-order valence-electron chi connectivity index (χ0n) is 16.5. The van der Waals surface area contributed by atoms with Crippen molar-refractivity contribution < 1.29 is 14.0 Å². The van der Waals surface area contributed by atoms with Gasteiger partial charge in [-0.15, -0.1) is 11.3 Å². The SMILES string of the molecule is Cc1nc2c(cc1C(=O)NNC(=O)c1ccc(-c3ccc(F)cc3)s1)c(C)nn2C. The molecule has 4 aromatic rings. The summed E-state index contributed by atoms with van der Waals surface area (Å²) < 4.78 is 14.7. The van der Waals surface area contributed by atoms with Gasteiger partial charge in [0.25, 0.3) is 11.8 Å². The number of carbonyl (C=O) groups excluding carboxylic acids is 2. The van der Waals surface area contributed by atoms with Gasteiger partial charge in [0, 0.05) is 17.3 Å². The number of hydrogen-bond acceptors (Lipinski definition) is 5. The molecule has 0 saturated heterocycles. The summed E-state index contributed by atoms with van der Waals surface area (Å²) in [4.78, 5) is 30.7. The summed E-state index contributed by atoms with van der Waals surface area (Å²) in [5.41, 5.74) is 8.03. The van der Waals surface area contributed by atoms with Crippen molar-refractivity contribution in [2.75, 3.05) is 0 Å². The van der Waals surface area contributed by atoms with Crippen molar-refractivity contribution in [3.05, 3.63) is 70.1 Å². The van der Waals surface area contributed by atoms with Crippen molar-refractivity contribution in [3.63, 3.8) is 0 Å². The van der Waals surface area contributed by atoms with Gasteiger partial charge >= 0.3 is 0 Å². The normalized spacial score (nSPS) is 10.9. The standard InChI is InChI=1S/C21H18FN5O2S/c1-11-16(10-15-12(2)26-27(3)19(15)23-11)20(28)24-25-21(29)18-9-8-17(30-18)13-4-6-14(22)7-5-13/h4-10H,1-3H3,(H,24,28)(H,25,29). The fraction of sp³-hybridized carbons (Fsp3) is 0.143. The Labute approximate surface area is 175 Å². The summed E-state index contributed by atoms with van der Waals surface area (Å²) in [6.07, 6.45) is 0. The fourth-order valence-electron chi connectivity index (χ4n) is 3.13. The van der Waals surface area contributed by atoms with E-state index < -0.39 is 11.8 Å². The Kier molecular flexibility index (Phi) is 5.04. The molecule has 0 atom stereocenters. The Morgan fingerprint density at radius 2 is 1.70 bits per heavy atom. The predicted molar refractivity (Wildman–Crippen MR) is 113 cm³/mol. The van der Waals surface area contributed by atoms with Gasteiger partial charge in [0.15, 0.2) is 5.65 Å². The molecular formula is C21H18FN5O2S. The lowest BCUT2D eigenvalue weighted by atomic mass is 10.1. The van der Waals surface area contributed by atoms with Crippen LogP contribution in [0.2, 0.25) is 0 Å². The zero-order chi connectivity index (χ0) is 21.4. The Morgan fingerprint density at radius 1 is 1.00 bits per heavy atom. The third kappa shape index (κ3) is 3.67. The average molecular weight is 423 g/mol. The van der Waals surface area contributed by atoms with Gasteiger partial charge in [-0.05, 0) is 49.7 Å². The van der Waals surface area contributed by atoms with Gasteiger partial charge in [0.2, 0.25) is 0 Å². The molecule has 3 heterocycles. The third-order valence-electron chi connectivity index (χ3n) is 4.68. The maximum Gasteiger partial charge on any atom is 0.279 e. The van der Waals surface area contributed by atoms with Gasteiger partial charge in [-0.25, -0.2) is 9.37 Å². The van der Waals surface area contributed by atoms with E-state index in [1.54, 1.807) is 49.0 Å². The number of hydrazine groups is 1. The van der Waals surface area contributed by atoms with E-state index in [9.17, 15) is 14.0 Å². The minimum Gasteiger partial charge on any atom is -0.267 e. The molecule has 2 amide bonds. The van der Waals surface area contributed by atoms with Gasteiger partial charge in [-0.1, -0.05) is 12.1 Å². The lowest BCUT2D eigenvalue weighted by molar-refractivity contribution is 0.0848. The predicted octanol–water partition coefficient (Wildman–Crippen LogP) is 3.53. The van der Waals surface area contributed by atoms with Crippen LogP contribution < -0.4 is 10.9 Å². The van der Waals surface area contributed by atoms with Crippen LogP contribution in [0.1, 0.15) is 31.4 Å². The molecule has 0 aliphatic carbocycles. The Bertz CT molecular complexity index is 1280. The number of hydrogen-bond donors (Lipinski definition) is 2. The van der Waals surface area contributed by atoms with Crippen molar-refractivity contribution in [3.8, 4) is 10.4 Å². The maximum absolute atomic E-state index is 13.1. The zero-order valence-corrected chi connectivity index (χ0v) is 17.3. The smallest absolute Gasteiger partial charge is 0.267 e. The van der Waals surface area contributed by atoms with Crippen molar-refractivity contribution in [1.82, 2.24) is 25.6 Å². The van der Waals surface area contributed by atoms with Crippen LogP contribution in [0, 0.1) is 19.7 Å². The number of aromatic nitrogens is 3. The molecule has 7 nitrogen and oxygen atoms in total. The highest BCUT2D eigenvalue weighted by Crippen LogP contribution is 2.28. The molecule has 0 bridgehead atoms. The van der Waals surface area contributed by atoms with Gasteiger partial charge in [-0.3, -0.25) is 25.1 Å². The molecule has 1 aromatic carbocycles. The monoisotopic (exact) mass is 423 g/mol. The van der Waals surface area contributed by atoms with Crippen LogP contribution in [0.3, 0.4) is 0 Å². The third-order valence-corrected chi connectivity index (χ3v) is 5.82. The quantitative estimate of drug-likeness (QED) is 0.494. The van der Waals surface area contributed by atoms with Crippen LogP contribution >= 0.6 is 11.3 Å². The van der Waals surface area contributed by atoms with E-state index in [0.717, 1.165) is 21.5 Å². The first kappa shape index (κ1) is 19.7. The van der Waals surface area contributed by atoms with Crippen LogP contribution in [0.15, 0.2) is 42.5 Å². The number of benzene rings is 1. The van der Waals surface area contributed by atoms with Crippen LogP contribution in [-0.2, 0) is 7.05 Å². The number of halogens is 1. The molecule has 0 aliphatic heterocycles. The van der Waals surface area contributed by atoms with Crippen LogP contribution in [0.5, 0.6) is 0 Å². The molecule has 30 heavy (non-hydrogen) atoms.